The van der Waals surface area contributed by atoms with Gasteiger partial charge in [0.2, 0.25) is 5.91 Å². The molecule has 0 saturated heterocycles. The molecule has 2 aromatic rings. The summed E-state index contributed by atoms with van der Waals surface area (Å²) >= 11 is 0. The van der Waals surface area contributed by atoms with Crippen molar-refractivity contribution in [3.63, 3.8) is 0 Å². The number of aryl methyl sites for hydroxylation is 1. The highest BCUT2D eigenvalue weighted by Crippen LogP contribution is 2.23. The Hall–Kier alpha value is -2.82. The lowest BCUT2D eigenvalue weighted by molar-refractivity contribution is -0.137. The van der Waals surface area contributed by atoms with Gasteiger partial charge >= 0.3 is 5.97 Å². The fraction of sp³-hybridized carbons (Fsp3) is 0.222. The van der Waals surface area contributed by atoms with Gasteiger partial charge in [-0.05, 0) is 23.6 Å². The molecule has 23 heavy (non-hydrogen) atoms. The second-order valence-corrected chi connectivity index (χ2v) is 5.25. The number of amides is 1. The summed E-state index contributed by atoms with van der Waals surface area (Å²) in [4.78, 5) is 21.9. The number of ether oxygens (including phenoxy) is 1. The van der Waals surface area contributed by atoms with Gasteiger partial charge in [-0.15, -0.1) is 0 Å². The van der Waals surface area contributed by atoms with Crippen LogP contribution in [0.5, 0.6) is 5.75 Å². The summed E-state index contributed by atoms with van der Waals surface area (Å²) in [5.41, 5.74) is 7.83. The predicted octanol–water partition coefficient (Wildman–Crippen LogP) is 2.31. The minimum Gasteiger partial charge on any atom is -0.489 e. The van der Waals surface area contributed by atoms with Gasteiger partial charge in [0, 0.05) is 12.0 Å². The summed E-state index contributed by atoms with van der Waals surface area (Å²) in [5, 5.41) is 8.76. The molecular weight excluding hydrogens is 294 g/mol. The first-order valence-electron chi connectivity index (χ1n) is 7.33. The van der Waals surface area contributed by atoms with Crippen LogP contribution in [0.3, 0.4) is 0 Å². The Kier molecular flexibility index (Phi) is 5.74. The highest BCUT2D eigenvalue weighted by atomic mass is 16.5. The van der Waals surface area contributed by atoms with E-state index in [2.05, 4.69) is 0 Å². The van der Waals surface area contributed by atoms with Crippen molar-refractivity contribution in [2.24, 2.45) is 5.73 Å². The van der Waals surface area contributed by atoms with Crippen molar-refractivity contribution in [2.45, 2.75) is 25.9 Å². The van der Waals surface area contributed by atoms with E-state index < -0.39 is 11.9 Å². The van der Waals surface area contributed by atoms with Crippen LogP contribution >= 0.6 is 0 Å². The zero-order valence-corrected chi connectivity index (χ0v) is 12.7. The molecule has 0 aliphatic rings. The Morgan fingerprint density at radius 3 is 2.43 bits per heavy atom. The van der Waals surface area contributed by atoms with Gasteiger partial charge < -0.3 is 15.6 Å². The quantitative estimate of drug-likeness (QED) is 0.782. The Balaban J connectivity index is 2.13. The van der Waals surface area contributed by atoms with E-state index in [1.165, 1.54) is 0 Å². The van der Waals surface area contributed by atoms with Crippen LogP contribution in [0.1, 0.15) is 23.1 Å². The average molecular weight is 313 g/mol. The third-order valence-corrected chi connectivity index (χ3v) is 3.35. The molecule has 5 heteroatoms. The van der Waals surface area contributed by atoms with Gasteiger partial charge in [0.15, 0.2) is 0 Å². The molecule has 2 aromatic carbocycles. The molecule has 120 valence electrons. The number of carboxylic acids is 1. The van der Waals surface area contributed by atoms with Crippen LogP contribution < -0.4 is 10.5 Å². The fourth-order valence-corrected chi connectivity index (χ4v) is 2.24. The summed E-state index contributed by atoms with van der Waals surface area (Å²) in [6, 6.07) is 15.1. The van der Waals surface area contributed by atoms with E-state index in [-0.39, 0.29) is 12.8 Å². The van der Waals surface area contributed by atoms with E-state index in [1.54, 1.807) is 12.1 Å². The Bertz CT molecular complexity index is 683. The number of primary amides is 1. The van der Waals surface area contributed by atoms with E-state index in [0.29, 0.717) is 24.3 Å². The summed E-state index contributed by atoms with van der Waals surface area (Å²) in [6.07, 6.45) is 0.505. The largest absolute Gasteiger partial charge is 0.489 e. The van der Waals surface area contributed by atoms with E-state index in [9.17, 15) is 9.59 Å². The number of carbonyl (C=O) groups is 2. The molecule has 0 aliphatic carbocycles. The number of carboxylic acid groups (broad SMARTS) is 1. The van der Waals surface area contributed by atoms with E-state index in [0.717, 1.165) is 11.1 Å². The normalized spacial score (nSPS) is 10.3. The summed E-state index contributed by atoms with van der Waals surface area (Å²) in [6.45, 7) is 0.390. The highest BCUT2D eigenvalue weighted by molar-refractivity contribution is 5.77. The molecule has 5 nitrogen and oxygen atoms in total. The minimum absolute atomic E-state index is 0.0419. The van der Waals surface area contributed by atoms with Crippen molar-refractivity contribution in [1.29, 1.82) is 0 Å². The first kappa shape index (κ1) is 16.5. The van der Waals surface area contributed by atoms with Crippen LogP contribution in [-0.4, -0.2) is 17.0 Å². The molecule has 0 spiro atoms. The highest BCUT2D eigenvalue weighted by Gasteiger charge is 2.10. The van der Waals surface area contributed by atoms with Crippen molar-refractivity contribution in [3.8, 4) is 5.75 Å². The van der Waals surface area contributed by atoms with Crippen molar-refractivity contribution < 1.29 is 19.4 Å². The third-order valence-electron chi connectivity index (χ3n) is 3.35. The lowest BCUT2D eigenvalue weighted by Gasteiger charge is -2.12. The number of nitrogens with two attached hydrogens (primary N) is 1. The Morgan fingerprint density at radius 2 is 1.78 bits per heavy atom. The molecule has 0 aromatic heterocycles. The first-order valence-corrected chi connectivity index (χ1v) is 7.33. The van der Waals surface area contributed by atoms with Crippen LogP contribution in [-0.2, 0) is 29.0 Å². The summed E-state index contributed by atoms with van der Waals surface area (Å²) < 4.78 is 5.78. The Morgan fingerprint density at radius 1 is 1.04 bits per heavy atom. The maximum atomic E-state index is 11.2. The van der Waals surface area contributed by atoms with Gasteiger partial charge in [-0.2, -0.15) is 0 Å². The SMILES string of the molecule is NC(=O)Cc1cc(CCC(=O)O)ccc1OCc1ccccc1. The van der Waals surface area contributed by atoms with Gasteiger partial charge in [0.25, 0.3) is 0 Å². The van der Waals surface area contributed by atoms with Crippen LogP contribution in [0.4, 0.5) is 0 Å². The lowest BCUT2D eigenvalue weighted by Crippen LogP contribution is -2.15. The molecule has 0 saturated carbocycles. The standard InChI is InChI=1S/C18H19NO4/c19-17(20)11-15-10-13(7-9-18(21)22)6-8-16(15)23-12-14-4-2-1-3-5-14/h1-6,8,10H,7,9,11-12H2,(H2,19,20)(H,21,22). The van der Waals surface area contributed by atoms with Crippen molar-refractivity contribution in [3.05, 3.63) is 65.2 Å². The predicted molar refractivity (Wildman–Crippen MR) is 86.1 cm³/mol. The molecular formula is C18H19NO4. The zero-order valence-electron chi connectivity index (χ0n) is 12.7. The number of aliphatic carboxylic acids is 1. The van der Waals surface area contributed by atoms with Gasteiger partial charge in [-0.1, -0.05) is 42.5 Å². The summed E-state index contributed by atoms with van der Waals surface area (Å²) in [5.74, 6) is -0.720. The van der Waals surface area contributed by atoms with Crippen LogP contribution in [0.25, 0.3) is 0 Å². The molecule has 2 rings (SSSR count). The second-order valence-electron chi connectivity index (χ2n) is 5.25. The minimum atomic E-state index is -0.856. The van der Waals surface area contributed by atoms with Crippen molar-refractivity contribution in [2.75, 3.05) is 0 Å². The Labute approximate surface area is 134 Å². The summed E-state index contributed by atoms with van der Waals surface area (Å²) in [7, 11) is 0. The van der Waals surface area contributed by atoms with Gasteiger partial charge in [-0.25, -0.2) is 0 Å². The average Bonchev–Trinajstić information content (AvgIpc) is 2.52. The first-order chi connectivity index (χ1) is 11.0. The van der Waals surface area contributed by atoms with E-state index in [4.69, 9.17) is 15.6 Å². The second kappa shape index (κ2) is 7.98. The van der Waals surface area contributed by atoms with Gasteiger partial charge in [0.1, 0.15) is 12.4 Å². The van der Waals surface area contributed by atoms with E-state index in [1.807, 2.05) is 36.4 Å². The topological polar surface area (TPSA) is 89.6 Å². The van der Waals surface area contributed by atoms with Gasteiger partial charge in [0.05, 0.1) is 6.42 Å². The number of rotatable bonds is 8. The molecule has 0 fully saturated rings. The molecule has 0 aliphatic heterocycles. The van der Waals surface area contributed by atoms with Crippen LogP contribution in [0.15, 0.2) is 48.5 Å². The van der Waals surface area contributed by atoms with Crippen molar-refractivity contribution in [1.82, 2.24) is 0 Å². The maximum Gasteiger partial charge on any atom is 0.303 e. The maximum absolute atomic E-state index is 11.2. The molecule has 0 unspecified atom stereocenters. The molecule has 0 heterocycles. The van der Waals surface area contributed by atoms with Crippen LogP contribution in [0, 0.1) is 0 Å². The number of benzene rings is 2. The van der Waals surface area contributed by atoms with E-state index >= 15 is 0 Å². The number of hydrogen-bond acceptors (Lipinski definition) is 3. The molecule has 0 radical (unpaired) electrons. The van der Waals surface area contributed by atoms with Gasteiger partial charge in [-0.3, -0.25) is 9.59 Å². The molecule has 3 N–H and O–H groups in total. The lowest BCUT2D eigenvalue weighted by atomic mass is 10.0. The zero-order chi connectivity index (χ0) is 16.7. The number of hydrogen-bond donors (Lipinski definition) is 2. The monoisotopic (exact) mass is 313 g/mol. The smallest absolute Gasteiger partial charge is 0.303 e. The molecule has 0 bridgehead atoms. The number of carbonyl (C=O) groups excluding carboxylic acids is 1. The molecule has 0 atom stereocenters. The fourth-order valence-electron chi connectivity index (χ4n) is 2.24. The third kappa shape index (κ3) is 5.47. The molecule has 1 amide bonds. The van der Waals surface area contributed by atoms with Crippen molar-refractivity contribution >= 4 is 11.9 Å². The van der Waals surface area contributed by atoms with Crippen LogP contribution in [0.2, 0.25) is 0 Å².